The van der Waals surface area contributed by atoms with Crippen molar-refractivity contribution in [3.05, 3.63) is 57.5 Å². The van der Waals surface area contributed by atoms with Crippen LogP contribution in [0.5, 0.6) is 0 Å². The highest BCUT2D eigenvalue weighted by molar-refractivity contribution is 7.89. The molecule has 1 aromatic heterocycles. The van der Waals surface area contributed by atoms with Crippen molar-refractivity contribution in [3.63, 3.8) is 0 Å². The molecule has 1 aliphatic heterocycles. The summed E-state index contributed by atoms with van der Waals surface area (Å²) in [6.07, 6.45) is 0.506. The van der Waals surface area contributed by atoms with E-state index < -0.39 is 10.0 Å². The van der Waals surface area contributed by atoms with Crippen LogP contribution >= 0.6 is 0 Å². The number of aromatic nitrogens is 2. The van der Waals surface area contributed by atoms with Gasteiger partial charge in [-0.1, -0.05) is 32.0 Å². The van der Waals surface area contributed by atoms with Gasteiger partial charge in [-0.3, -0.25) is 4.79 Å². The van der Waals surface area contributed by atoms with Crippen molar-refractivity contribution in [2.45, 2.75) is 37.6 Å². The molecule has 0 saturated heterocycles. The molecule has 0 bridgehead atoms. The fourth-order valence-electron chi connectivity index (χ4n) is 3.00. The molecule has 0 unspecified atom stereocenters. The smallest absolute Gasteiger partial charge is 0.266 e. The number of sulfonamides is 1. The number of fused-ring (bicyclic) bond motifs is 1. The van der Waals surface area contributed by atoms with E-state index in [1.54, 1.807) is 19.2 Å². The molecule has 24 heavy (non-hydrogen) atoms. The van der Waals surface area contributed by atoms with Crippen LogP contribution in [0.25, 0.3) is 0 Å². The monoisotopic (exact) mass is 347 g/mol. The minimum absolute atomic E-state index is 0.113. The molecule has 0 N–H and O–H groups in total. The zero-order valence-electron chi connectivity index (χ0n) is 14.1. The van der Waals surface area contributed by atoms with Crippen LogP contribution in [-0.2, 0) is 30.0 Å². The SMILES string of the molecule is CC(C)c1ccccc1S(=O)(=O)N1CCc2nn(C)c(=O)cc2C1. The largest absolute Gasteiger partial charge is 0.268 e. The van der Waals surface area contributed by atoms with Crippen LogP contribution in [0, 0.1) is 0 Å². The van der Waals surface area contributed by atoms with Crippen molar-refractivity contribution in [1.82, 2.24) is 14.1 Å². The third-order valence-corrected chi connectivity index (χ3v) is 6.28. The Labute approximate surface area is 141 Å². The van der Waals surface area contributed by atoms with Gasteiger partial charge in [0.05, 0.1) is 10.6 Å². The minimum atomic E-state index is -3.61. The van der Waals surface area contributed by atoms with Crippen LogP contribution in [0.1, 0.15) is 36.6 Å². The van der Waals surface area contributed by atoms with E-state index in [0.717, 1.165) is 11.3 Å². The zero-order valence-corrected chi connectivity index (χ0v) is 14.9. The van der Waals surface area contributed by atoms with Crippen molar-refractivity contribution < 1.29 is 8.42 Å². The van der Waals surface area contributed by atoms with E-state index in [2.05, 4.69) is 5.10 Å². The normalized spacial score (nSPS) is 15.5. The Morgan fingerprint density at radius 1 is 1.21 bits per heavy atom. The molecule has 0 atom stereocenters. The first-order valence-electron chi connectivity index (χ1n) is 7.96. The first-order valence-corrected chi connectivity index (χ1v) is 9.40. The predicted molar refractivity (Wildman–Crippen MR) is 91.3 cm³/mol. The Balaban J connectivity index is 2.01. The summed E-state index contributed by atoms with van der Waals surface area (Å²) in [5.74, 6) is 0.113. The molecule has 2 aromatic rings. The van der Waals surface area contributed by atoms with Crippen LogP contribution in [0.3, 0.4) is 0 Å². The number of hydrogen-bond acceptors (Lipinski definition) is 4. The van der Waals surface area contributed by atoms with E-state index in [1.807, 2.05) is 26.0 Å². The maximum absolute atomic E-state index is 13.1. The molecular formula is C17H21N3O3S. The highest BCUT2D eigenvalue weighted by Crippen LogP contribution is 2.28. The summed E-state index contributed by atoms with van der Waals surface area (Å²) in [6.45, 7) is 4.51. The Bertz CT molecular complexity index is 932. The predicted octanol–water partition coefficient (Wildman–Crippen LogP) is 1.65. The molecule has 1 aromatic carbocycles. The summed E-state index contributed by atoms with van der Waals surface area (Å²) in [6, 6.07) is 8.59. The van der Waals surface area contributed by atoms with Gasteiger partial charge in [-0.25, -0.2) is 13.1 Å². The topological polar surface area (TPSA) is 72.3 Å². The second kappa shape index (κ2) is 6.14. The molecule has 0 amide bonds. The molecule has 0 radical (unpaired) electrons. The Hall–Kier alpha value is -1.99. The molecule has 2 heterocycles. The lowest BCUT2D eigenvalue weighted by atomic mass is 10.0. The fraction of sp³-hybridized carbons (Fsp3) is 0.412. The fourth-order valence-corrected chi connectivity index (χ4v) is 4.78. The number of hydrogen-bond donors (Lipinski definition) is 0. The average molecular weight is 347 g/mol. The molecule has 0 aliphatic carbocycles. The first-order chi connectivity index (χ1) is 11.3. The van der Waals surface area contributed by atoms with Gasteiger partial charge in [-0.2, -0.15) is 9.40 Å². The lowest BCUT2D eigenvalue weighted by Gasteiger charge is -2.28. The second-order valence-corrected chi connectivity index (χ2v) is 8.27. The van der Waals surface area contributed by atoms with Gasteiger partial charge in [0.15, 0.2) is 0 Å². The highest BCUT2D eigenvalue weighted by atomic mass is 32.2. The molecule has 7 heteroatoms. The standard InChI is InChI=1S/C17H21N3O3S/c1-12(2)14-6-4-5-7-16(14)24(22,23)20-9-8-15-13(11-20)10-17(21)19(3)18-15/h4-7,10,12H,8-9,11H2,1-3H3. The van der Waals surface area contributed by atoms with E-state index in [9.17, 15) is 13.2 Å². The summed E-state index contributed by atoms with van der Waals surface area (Å²) in [5.41, 5.74) is 2.07. The van der Waals surface area contributed by atoms with Gasteiger partial charge in [0.2, 0.25) is 10.0 Å². The highest BCUT2D eigenvalue weighted by Gasteiger charge is 2.31. The summed E-state index contributed by atoms with van der Waals surface area (Å²) < 4.78 is 28.9. The van der Waals surface area contributed by atoms with Gasteiger partial charge in [0, 0.05) is 32.6 Å². The number of rotatable bonds is 3. The lowest BCUT2D eigenvalue weighted by molar-refractivity contribution is 0.382. The van der Waals surface area contributed by atoms with Crippen LogP contribution in [0.4, 0.5) is 0 Å². The van der Waals surface area contributed by atoms with Crippen LogP contribution in [0.15, 0.2) is 40.0 Å². The second-order valence-electron chi connectivity index (χ2n) is 6.36. The molecule has 6 nitrogen and oxygen atoms in total. The summed E-state index contributed by atoms with van der Waals surface area (Å²) in [7, 11) is -2.00. The average Bonchev–Trinajstić information content (AvgIpc) is 2.55. The van der Waals surface area contributed by atoms with E-state index in [0.29, 0.717) is 23.4 Å². The summed E-state index contributed by atoms with van der Waals surface area (Å²) >= 11 is 0. The van der Waals surface area contributed by atoms with Crippen molar-refractivity contribution in [2.75, 3.05) is 6.54 Å². The third kappa shape index (κ3) is 2.89. The van der Waals surface area contributed by atoms with E-state index in [4.69, 9.17) is 0 Å². The molecule has 128 valence electrons. The Kier molecular flexibility index (Phi) is 4.31. The number of nitrogens with zero attached hydrogens (tertiary/aromatic N) is 3. The van der Waals surface area contributed by atoms with Crippen LogP contribution in [0.2, 0.25) is 0 Å². The van der Waals surface area contributed by atoms with Crippen LogP contribution in [-0.4, -0.2) is 29.0 Å². The molecule has 0 fully saturated rings. The van der Waals surface area contributed by atoms with Crippen LogP contribution < -0.4 is 5.56 Å². The number of aryl methyl sites for hydroxylation is 1. The molecule has 0 spiro atoms. The zero-order chi connectivity index (χ0) is 17.5. The van der Waals surface area contributed by atoms with Gasteiger partial charge >= 0.3 is 0 Å². The molecular weight excluding hydrogens is 326 g/mol. The molecule has 0 saturated carbocycles. The van der Waals surface area contributed by atoms with Gasteiger partial charge < -0.3 is 0 Å². The van der Waals surface area contributed by atoms with Crippen molar-refractivity contribution in [2.24, 2.45) is 7.05 Å². The summed E-state index contributed by atoms with van der Waals surface area (Å²) in [5, 5.41) is 4.23. The molecule has 1 aliphatic rings. The Morgan fingerprint density at radius 2 is 1.92 bits per heavy atom. The van der Waals surface area contributed by atoms with E-state index in [1.165, 1.54) is 15.1 Å². The minimum Gasteiger partial charge on any atom is -0.268 e. The quantitative estimate of drug-likeness (QED) is 0.846. The van der Waals surface area contributed by atoms with Gasteiger partial charge in [-0.15, -0.1) is 0 Å². The Morgan fingerprint density at radius 3 is 2.62 bits per heavy atom. The van der Waals surface area contributed by atoms with Crippen molar-refractivity contribution in [1.29, 1.82) is 0 Å². The first kappa shape index (κ1) is 16.9. The van der Waals surface area contributed by atoms with Gasteiger partial charge in [0.1, 0.15) is 0 Å². The maximum atomic E-state index is 13.1. The summed E-state index contributed by atoms with van der Waals surface area (Å²) in [4.78, 5) is 12.1. The van der Waals surface area contributed by atoms with E-state index >= 15 is 0 Å². The van der Waals surface area contributed by atoms with Gasteiger partial charge in [0.25, 0.3) is 5.56 Å². The van der Waals surface area contributed by atoms with Crippen molar-refractivity contribution in [3.8, 4) is 0 Å². The lowest BCUT2D eigenvalue weighted by Crippen LogP contribution is -2.38. The van der Waals surface area contributed by atoms with Gasteiger partial charge in [-0.05, 0) is 23.1 Å². The maximum Gasteiger partial charge on any atom is 0.266 e. The molecule has 3 rings (SSSR count). The third-order valence-electron chi connectivity index (χ3n) is 4.36. The van der Waals surface area contributed by atoms with E-state index in [-0.39, 0.29) is 18.0 Å². The number of benzene rings is 1. The van der Waals surface area contributed by atoms with Crippen molar-refractivity contribution >= 4 is 10.0 Å².